The van der Waals surface area contributed by atoms with Gasteiger partial charge in [0.05, 0.1) is 6.54 Å². The molecule has 1 saturated heterocycles. The summed E-state index contributed by atoms with van der Waals surface area (Å²) in [4.78, 5) is 19.9. The Morgan fingerprint density at radius 2 is 1.79 bits per heavy atom. The van der Waals surface area contributed by atoms with Crippen LogP contribution in [0.15, 0.2) is 4.52 Å². The van der Waals surface area contributed by atoms with Crippen molar-refractivity contribution < 1.29 is 9.32 Å². The first kappa shape index (κ1) is 24.4. The van der Waals surface area contributed by atoms with Crippen LogP contribution in [-0.2, 0) is 16.9 Å². The minimum atomic E-state index is -0.460. The van der Waals surface area contributed by atoms with Gasteiger partial charge in [-0.1, -0.05) is 30.8 Å². The average Bonchev–Trinajstić information content (AvgIpc) is 3.22. The Balaban J connectivity index is 0.00000150. The highest BCUT2D eigenvalue weighted by Gasteiger charge is 2.58. The topological polar surface area (TPSA) is 83.3 Å². The molecule has 1 spiro atoms. The van der Waals surface area contributed by atoms with E-state index in [1.807, 2.05) is 19.0 Å². The largest absolute Gasteiger partial charge is 0.343 e. The van der Waals surface area contributed by atoms with Gasteiger partial charge in [0.15, 0.2) is 5.82 Å². The SMILES string of the molecule is CN(C)Cc1nc(C2(NC(=O)C3CC34CCNCC4)CCCCCC2)no1.Cl.Cl. The summed E-state index contributed by atoms with van der Waals surface area (Å²) in [7, 11) is 3.97. The molecule has 1 unspecified atom stereocenters. The predicted octanol–water partition coefficient (Wildman–Crippen LogP) is 3.03. The third-order valence-corrected chi connectivity index (χ3v) is 6.77. The summed E-state index contributed by atoms with van der Waals surface area (Å²) < 4.78 is 5.50. The van der Waals surface area contributed by atoms with Crippen molar-refractivity contribution >= 4 is 30.7 Å². The Morgan fingerprint density at radius 3 is 2.41 bits per heavy atom. The first-order valence-corrected chi connectivity index (χ1v) is 10.5. The molecule has 1 aliphatic heterocycles. The molecule has 3 aliphatic rings. The number of amides is 1. The molecule has 2 heterocycles. The van der Waals surface area contributed by atoms with E-state index in [4.69, 9.17) is 4.52 Å². The minimum Gasteiger partial charge on any atom is -0.343 e. The highest BCUT2D eigenvalue weighted by atomic mass is 35.5. The molecule has 0 bridgehead atoms. The number of carbonyl (C=O) groups is 1. The maximum absolute atomic E-state index is 13.2. The zero-order valence-electron chi connectivity index (χ0n) is 17.5. The van der Waals surface area contributed by atoms with Crippen molar-refractivity contribution in [3.05, 3.63) is 11.7 Å². The average molecular weight is 448 g/mol. The van der Waals surface area contributed by atoms with Crippen molar-refractivity contribution in [2.45, 2.75) is 69.9 Å². The van der Waals surface area contributed by atoms with Crippen molar-refractivity contribution in [1.29, 1.82) is 0 Å². The van der Waals surface area contributed by atoms with Crippen molar-refractivity contribution in [3.8, 4) is 0 Å². The van der Waals surface area contributed by atoms with Gasteiger partial charge in [-0.2, -0.15) is 4.98 Å². The number of nitrogens with zero attached hydrogens (tertiary/aromatic N) is 3. The smallest absolute Gasteiger partial charge is 0.240 e. The monoisotopic (exact) mass is 447 g/mol. The first-order chi connectivity index (χ1) is 13.0. The molecular formula is C20H35Cl2N5O2. The second kappa shape index (κ2) is 9.94. The number of rotatable bonds is 5. The summed E-state index contributed by atoms with van der Waals surface area (Å²) in [6.07, 6.45) is 9.68. The fraction of sp³-hybridized carbons (Fsp3) is 0.850. The zero-order chi connectivity index (χ0) is 18.9. The van der Waals surface area contributed by atoms with Gasteiger partial charge >= 0.3 is 0 Å². The fourth-order valence-electron chi connectivity index (χ4n) is 5.04. The van der Waals surface area contributed by atoms with E-state index in [1.54, 1.807) is 0 Å². The Kier molecular flexibility index (Phi) is 8.36. The lowest BCUT2D eigenvalue weighted by Crippen LogP contribution is -2.48. The second-order valence-electron chi connectivity index (χ2n) is 9.10. The maximum Gasteiger partial charge on any atom is 0.240 e. The molecule has 9 heteroatoms. The van der Waals surface area contributed by atoms with E-state index in [1.165, 1.54) is 12.8 Å². The molecule has 1 amide bonds. The lowest BCUT2D eigenvalue weighted by Gasteiger charge is -2.32. The molecule has 166 valence electrons. The summed E-state index contributed by atoms with van der Waals surface area (Å²) in [5.74, 6) is 1.66. The summed E-state index contributed by atoms with van der Waals surface area (Å²) in [6, 6.07) is 0. The van der Waals surface area contributed by atoms with Gasteiger partial charge in [0.1, 0.15) is 5.54 Å². The third kappa shape index (κ3) is 5.24. The fourth-order valence-corrected chi connectivity index (χ4v) is 5.04. The van der Waals surface area contributed by atoms with Crippen LogP contribution in [-0.4, -0.2) is 48.1 Å². The summed E-state index contributed by atoms with van der Waals surface area (Å²) in [5.41, 5.74) is -0.215. The summed E-state index contributed by atoms with van der Waals surface area (Å²) >= 11 is 0. The molecule has 0 radical (unpaired) electrons. The van der Waals surface area contributed by atoms with Crippen LogP contribution >= 0.6 is 24.8 Å². The second-order valence-corrected chi connectivity index (χ2v) is 9.10. The molecular weight excluding hydrogens is 413 g/mol. The number of hydrogen-bond donors (Lipinski definition) is 2. The minimum absolute atomic E-state index is 0. The lowest BCUT2D eigenvalue weighted by atomic mass is 9.87. The highest BCUT2D eigenvalue weighted by Crippen LogP contribution is 2.59. The Hall–Kier alpha value is -0.890. The van der Waals surface area contributed by atoms with Crippen molar-refractivity contribution in [2.24, 2.45) is 11.3 Å². The summed E-state index contributed by atoms with van der Waals surface area (Å²) in [6.45, 7) is 2.69. The van der Waals surface area contributed by atoms with Crippen LogP contribution in [0.2, 0.25) is 0 Å². The number of hydrogen-bond acceptors (Lipinski definition) is 6. The Morgan fingerprint density at radius 1 is 1.14 bits per heavy atom. The molecule has 2 aliphatic carbocycles. The van der Waals surface area contributed by atoms with E-state index in [0.29, 0.717) is 18.3 Å². The first-order valence-electron chi connectivity index (χ1n) is 10.5. The van der Waals surface area contributed by atoms with Gasteiger partial charge in [-0.3, -0.25) is 4.79 Å². The molecule has 2 N–H and O–H groups in total. The van der Waals surface area contributed by atoms with E-state index >= 15 is 0 Å². The van der Waals surface area contributed by atoms with E-state index in [9.17, 15) is 4.79 Å². The predicted molar refractivity (Wildman–Crippen MR) is 116 cm³/mol. The molecule has 1 atom stereocenters. The van der Waals surface area contributed by atoms with Crippen molar-refractivity contribution in [2.75, 3.05) is 27.2 Å². The Bertz CT molecular complexity index is 668. The highest BCUT2D eigenvalue weighted by molar-refractivity contribution is 5.85. The zero-order valence-corrected chi connectivity index (χ0v) is 19.2. The molecule has 2 saturated carbocycles. The van der Waals surface area contributed by atoms with Gasteiger partial charge in [-0.05, 0) is 64.7 Å². The van der Waals surface area contributed by atoms with E-state index in [2.05, 4.69) is 20.8 Å². The van der Waals surface area contributed by atoms with Gasteiger partial charge < -0.3 is 20.1 Å². The van der Waals surface area contributed by atoms with Gasteiger partial charge in [0.2, 0.25) is 11.8 Å². The summed E-state index contributed by atoms with van der Waals surface area (Å²) in [5, 5.41) is 11.1. The van der Waals surface area contributed by atoms with Crippen LogP contribution in [0.4, 0.5) is 0 Å². The molecule has 1 aromatic rings. The molecule has 7 nitrogen and oxygen atoms in total. The number of halogens is 2. The standard InChI is InChI=1S/C20H33N5O2.2ClH/c1-25(2)14-16-22-18(24-27-16)20(7-5-3-4-6-8-20)23-17(26)15-13-19(15)9-11-21-12-10-19;;/h15,21H,3-14H2,1-2H3,(H,23,26);2*1H. The van der Waals surface area contributed by atoms with Crippen molar-refractivity contribution in [1.82, 2.24) is 25.7 Å². The van der Waals surface area contributed by atoms with Crippen LogP contribution in [0.1, 0.15) is 69.5 Å². The number of nitrogens with one attached hydrogen (secondary N) is 2. The van der Waals surface area contributed by atoms with Gasteiger partial charge in [-0.15, -0.1) is 24.8 Å². The Labute approximate surface area is 185 Å². The maximum atomic E-state index is 13.2. The molecule has 4 rings (SSSR count). The van der Waals surface area contributed by atoms with E-state index in [0.717, 1.165) is 58.0 Å². The van der Waals surface area contributed by atoms with Crippen LogP contribution in [0.5, 0.6) is 0 Å². The quantitative estimate of drug-likeness (QED) is 0.674. The van der Waals surface area contributed by atoms with Gasteiger partial charge in [-0.25, -0.2) is 0 Å². The molecule has 29 heavy (non-hydrogen) atoms. The molecule has 0 aromatic carbocycles. The van der Waals surface area contributed by atoms with E-state index in [-0.39, 0.29) is 42.1 Å². The van der Waals surface area contributed by atoms with Gasteiger partial charge in [0, 0.05) is 5.92 Å². The third-order valence-electron chi connectivity index (χ3n) is 6.77. The molecule has 1 aromatic heterocycles. The van der Waals surface area contributed by atoms with Crippen molar-refractivity contribution in [3.63, 3.8) is 0 Å². The normalized spacial score (nSPS) is 24.9. The van der Waals surface area contributed by atoms with Gasteiger partial charge in [0.25, 0.3) is 0 Å². The lowest BCUT2D eigenvalue weighted by molar-refractivity contribution is -0.125. The van der Waals surface area contributed by atoms with Crippen LogP contribution < -0.4 is 10.6 Å². The molecule has 3 fully saturated rings. The van der Waals surface area contributed by atoms with E-state index < -0.39 is 5.54 Å². The number of carbonyl (C=O) groups excluding carboxylic acids is 1. The van der Waals surface area contributed by atoms with Crippen LogP contribution in [0, 0.1) is 11.3 Å². The van der Waals surface area contributed by atoms with Crippen LogP contribution in [0.3, 0.4) is 0 Å². The number of piperidine rings is 1. The number of aromatic nitrogens is 2. The van der Waals surface area contributed by atoms with Crippen LogP contribution in [0.25, 0.3) is 0 Å².